The maximum absolute atomic E-state index is 5.01. The van der Waals surface area contributed by atoms with E-state index in [9.17, 15) is 0 Å². The van der Waals surface area contributed by atoms with Gasteiger partial charge in [0.15, 0.2) is 5.96 Å². The summed E-state index contributed by atoms with van der Waals surface area (Å²) in [6.07, 6.45) is 2.13. The number of hydrogen-bond donors (Lipinski definition) is 2. The number of ether oxygens (including phenoxy) is 1. The van der Waals surface area contributed by atoms with Crippen molar-refractivity contribution in [2.75, 3.05) is 33.4 Å². The third-order valence-electron chi connectivity index (χ3n) is 2.68. The second-order valence-electron chi connectivity index (χ2n) is 4.27. The molecule has 0 saturated carbocycles. The maximum atomic E-state index is 5.01. The van der Waals surface area contributed by atoms with Crippen LogP contribution >= 0.6 is 0 Å². The van der Waals surface area contributed by atoms with Gasteiger partial charge in [-0.3, -0.25) is 4.99 Å². The lowest BCUT2D eigenvalue weighted by Crippen LogP contribution is -2.39. The zero-order valence-corrected chi connectivity index (χ0v) is 12.0. The van der Waals surface area contributed by atoms with Crippen molar-refractivity contribution in [3.05, 3.63) is 35.9 Å². The van der Waals surface area contributed by atoms with Crippen molar-refractivity contribution in [3.8, 4) is 0 Å². The van der Waals surface area contributed by atoms with Crippen LogP contribution in [0.2, 0.25) is 0 Å². The van der Waals surface area contributed by atoms with Gasteiger partial charge in [-0.2, -0.15) is 0 Å². The first-order valence-electron chi connectivity index (χ1n) is 6.92. The van der Waals surface area contributed by atoms with Crippen molar-refractivity contribution in [2.45, 2.75) is 19.8 Å². The summed E-state index contributed by atoms with van der Waals surface area (Å²) in [5.74, 6) is 0.868. The number of benzene rings is 1. The van der Waals surface area contributed by atoms with Crippen molar-refractivity contribution in [2.24, 2.45) is 4.99 Å². The highest BCUT2D eigenvalue weighted by molar-refractivity contribution is 5.79. The normalized spacial score (nSPS) is 11.4. The van der Waals surface area contributed by atoms with E-state index in [4.69, 9.17) is 4.74 Å². The molecular weight excluding hydrogens is 238 g/mol. The number of nitrogens with zero attached hydrogens (tertiary/aromatic N) is 1. The van der Waals surface area contributed by atoms with Crippen LogP contribution in [0.4, 0.5) is 0 Å². The number of aliphatic imine (C=N–C) groups is 1. The Hall–Kier alpha value is -1.55. The van der Waals surface area contributed by atoms with E-state index in [2.05, 4.69) is 46.8 Å². The highest BCUT2D eigenvalue weighted by Gasteiger charge is 1.96. The van der Waals surface area contributed by atoms with Crippen LogP contribution in [0.25, 0.3) is 0 Å². The van der Waals surface area contributed by atoms with Crippen molar-refractivity contribution < 1.29 is 4.74 Å². The molecule has 0 bridgehead atoms. The molecule has 1 aromatic carbocycles. The number of methoxy groups -OCH3 is 1. The van der Waals surface area contributed by atoms with E-state index in [1.165, 1.54) is 5.56 Å². The van der Waals surface area contributed by atoms with Crippen LogP contribution in [-0.2, 0) is 11.2 Å². The molecule has 1 rings (SSSR count). The van der Waals surface area contributed by atoms with E-state index in [0.29, 0.717) is 6.61 Å². The molecule has 0 atom stereocenters. The molecular formula is C15H25N3O. The standard InChI is InChI=1S/C15H25N3O/c1-3-16-15(18-12-13-19-2)17-11-7-10-14-8-5-4-6-9-14/h4-6,8-9H,3,7,10-13H2,1-2H3,(H2,16,17,18). The van der Waals surface area contributed by atoms with Crippen LogP contribution in [0, 0.1) is 0 Å². The topological polar surface area (TPSA) is 45.7 Å². The lowest BCUT2D eigenvalue weighted by atomic mass is 10.1. The highest BCUT2D eigenvalue weighted by atomic mass is 16.5. The number of aryl methyl sites for hydroxylation is 1. The molecule has 0 radical (unpaired) electrons. The fourth-order valence-corrected chi connectivity index (χ4v) is 1.73. The Bertz CT molecular complexity index is 352. The minimum absolute atomic E-state index is 0.689. The minimum Gasteiger partial charge on any atom is -0.383 e. The SMILES string of the molecule is CCNC(=NCCCc1ccccc1)NCCOC. The molecule has 0 fully saturated rings. The Morgan fingerprint density at radius 2 is 2.00 bits per heavy atom. The molecule has 0 aromatic heterocycles. The Kier molecular flexibility index (Phi) is 8.47. The second kappa shape index (κ2) is 10.4. The fraction of sp³-hybridized carbons (Fsp3) is 0.533. The lowest BCUT2D eigenvalue weighted by Gasteiger charge is -2.10. The van der Waals surface area contributed by atoms with Crippen LogP contribution in [0.3, 0.4) is 0 Å². The summed E-state index contributed by atoms with van der Waals surface area (Å²) in [5.41, 5.74) is 1.37. The molecule has 106 valence electrons. The van der Waals surface area contributed by atoms with Gasteiger partial charge in [0, 0.05) is 26.7 Å². The van der Waals surface area contributed by atoms with E-state index in [1.54, 1.807) is 7.11 Å². The zero-order valence-electron chi connectivity index (χ0n) is 12.0. The predicted molar refractivity (Wildman–Crippen MR) is 80.6 cm³/mol. The van der Waals surface area contributed by atoms with E-state index >= 15 is 0 Å². The van der Waals surface area contributed by atoms with Crippen LogP contribution in [0.5, 0.6) is 0 Å². The van der Waals surface area contributed by atoms with Gasteiger partial charge in [-0.05, 0) is 25.3 Å². The average Bonchev–Trinajstić information content (AvgIpc) is 2.45. The third kappa shape index (κ3) is 7.47. The monoisotopic (exact) mass is 263 g/mol. The predicted octanol–water partition coefficient (Wildman–Crippen LogP) is 1.82. The Labute approximate surface area is 116 Å². The molecule has 0 heterocycles. The summed E-state index contributed by atoms with van der Waals surface area (Å²) in [6.45, 7) is 5.24. The molecule has 0 aliphatic carbocycles. The minimum atomic E-state index is 0.689. The number of nitrogens with one attached hydrogen (secondary N) is 2. The van der Waals surface area contributed by atoms with Crippen LogP contribution < -0.4 is 10.6 Å². The van der Waals surface area contributed by atoms with E-state index < -0.39 is 0 Å². The molecule has 0 aliphatic rings. The van der Waals surface area contributed by atoms with Gasteiger partial charge in [-0.25, -0.2) is 0 Å². The molecule has 19 heavy (non-hydrogen) atoms. The van der Waals surface area contributed by atoms with Gasteiger partial charge >= 0.3 is 0 Å². The molecule has 1 aromatic rings. The average molecular weight is 263 g/mol. The quantitative estimate of drug-likeness (QED) is 0.427. The maximum Gasteiger partial charge on any atom is 0.191 e. The van der Waals surface area contributed by atoms with Gasteiger partial charge in [0.25, 0.3) is 0 Å². The zero-order chi connectivity index (χ0) is 13.8. The highest BCUT2D eigenvalue weighted by Crippen LogP contribution is 2.02. The smallest absolute Gasteiger partial charge is 0.191 e. The van der Waals surface area contributed by atoms with E-state index in [1.807, 2.05) is 6.07 Å². The van der Waals surface area contributed by atoms with Gasteiger partial charge in [0.05, 0.1) is 6.61 Å². The first-order valence-corrected chi connectivity index (χ1v) is 6.92. The Morgan fingerprint density at radius 3 is 2.68 bits per heavy atom. The van der Waals surface area contributed by atoms with Crippen LogP contribution in [-0.4, -0.2) is 39.3 Å². The van der Waals surface area contributed by atoms with Crippen molar-refractivity contribution in [1.82, 2.24) is 10.6 Å². The molecule has 2 N–H and O–H groups in total. The van der Waals surface area contributed by atoms with Gasteiger partial charge in [-0.15, -0.1) is 0 Å². The van der Waals surface area contributed by atoms with Crippen molar-refractivity contribution >= 4 is 5.96 Å². The van der Waals surface area contributed by atoms with Gasteiger partial charge in [0.2, 0.25) is 0 Å². The van der Waals surface area contributed by atoms with Gasteiger partial charge < -0.3 is 15.4 Å². The summed E-state index contributed by atoms with van der Waals surface area (Å²) in [5, 5.41) is 6.46. The van der Waals surface area contributed by atoms with Crippen LogP contribution in [0.1, 0.15) is 18.9 Å². The largest absolute Gasteiger partial charge is 0.383 e. The number of hydrogen-bond acceptors (Lipinski definition) is 2. The van der Waals surface area contributed by atoms with E-state index in [0.717, 1.165) is 38.4 Å². The summed E-state index contributed by atoms with van der Waals surface area (Å²) in [4.78, 5) is 4.54. The molecule has 0 amide bonds. The first-order chi connectivity index (χ1) is 9.36. The summed E-state index contributed by atoms with van der Waals surface area (Å²) < 4.78 is 5.01. The second-order valence-corrected chi connectivity index (χ2v) is 4.27. The molecule has 0 unspecified atom stereocenters. The molecule has 0 aliphatic heterocycles. The van der Waals surface area contributed by atoms with Crippen LogP contribution in [0.15, 0.2) is 35.3 Å². The van der Waals surface area contributed by atoms with Gasteiger partial charge in [-0.1, -0.05) is 30.3 Å². The first kappa shape index (κ1) is 15.5. The Balaban J connectivity index is 2.26. The molecule has 4 heteroatoms. The van der Waals surface area contributed by atoms with E-state index in [-0.39, 0.29) is 0 Å². The molecule has 0 spiro atoms. The third-order valence-corrected chi connectivity index (χ3v) is 2.68. The van der Waals surface area contributed by atoms with Gasteiger partial charge in [0.1, 0.15) is 0 Å². The number of rotatable bonds is 8. The Morgan fingerprint density at radius 1 is 1.21 bits per heavy atom. The molecule has 4 nitrogen and oxygen atoms in total. The summed E-state index contributed by atoms with van der Waals surface area (Å²) in [7, 11) is 1.70. The summed E-state index contributed by atoms with van der Waals surface area (Å²) in [6, 6.07) is 10.5. The number of guanidine groups is 1. The summed E-state index contributed by atoms with van der Waals surface area (Å²) >= 11 is 0. The lowest BCUT2D eigenvalue weighted by molar-refractivity contribution is 0.203. The van der Waals surface area contributed by atoms with Crippen molar-refractivity contribution in [1.29, 1.82) is 0 Å². The fourth-order valence-electron chi connectivity index (χ4n) is 1.73. The molecule has 0 saturated heterocycles. The van der Waals surface area contributed by atoms with Crippen molar-refractivity contribution in [3.63, 3.8) is 0 Å².